The van der Waals surface area contributed by atoms with Crippen molar-refractivity contribution < 1.29 is 18.6 Å². The van der Waals surface area contributed by atoms with Gasteiger partial charge in [-0.3, -0.25) is 0 Å². The average molecular weight is 294 g/mol. The van der Waals surface area contributed by atoms with Crippen molar-refractivity contribution in [3.8, 4) is 0 Å². The van der Waals surface area contributed by atoms with Gasteiger partial charge in [-0.15, -0.1) is 0 Å². The quantitative estimate of drug-likeness (QED) is 0.483. The molecule has 2 aromatic heterocycles. The van der Waals surface area contributed by atoms with E-state index in [9.17, 15) is 0 Å². The van der Waals surface area contributed by atoms with Gasteiger partial charge in [0.05, 0.1) is 26.3 Å². The lowest BCUT2D eigenvalue weighted by Gasteiger charge is -2.02. The van der Waals surface area contributed by atoms with E-state index in [4.69, 9.17) is 9.47 Å². The highest BCUT2D eigenvalue weighted by Crippen LogP contribution is 1.88. The second-order valence-corrected chi connectivity index (χ2v) is 4.94. The summed E-state index contributed by atoms with van der Waals surface area (Å²) in [7, 11) is 0. The lowest BCUT2D eigenvalue weighted by molar-refractivity contribution is -0.733. The van der Waals surface area contributed by atoms with Gasteiger partial charge in [-0.05, 0) is 20.3 Å². The first kappa shape index (κ1) is 15.7. The third-order valence-electron chi connectivity index (χ3n) is 3.28. The fourth-order valence-electron chi connectivity index (χ4n) is 2.01. The zero-order valence-corrected chi connectivity index (χ0v) is 13.0. The van der Waals surface area contributed by atoms with Crippen molar-refractivity contribution in [3.63, 3.8) is 0 Å². The lowest BCUT2D eigenvalue weighted by atomic mass is 10.5. The fourth-order valence-corrected chi connectivity index (χ4v) is 2.01. The highest BCUT2D eigenvalue weighted by molar-refractivity contribution is 4.64. The summed E-state index contributed by atoms with van der Waals surface area (Å²) in [6.45, 7) is 8.83. The first-order valence-corrected chi connectivity index (χ1v) is 7.57. The van der Waals surface area contributed by atoms with Crippen LogP contribution < -0.4 is 9.13 Å². The number of imidazole rings is 2. The number of ether oxygens (including phenoxy) is 2. The molecular weight excluding hydrogens is 268 g/mol. The summed E-state index contributed by atoms with van der Waals surface area (Å²) in [4.78, 5) is 0. The van der Waals surface area contributed by atoms with Gasteiger partial charge in [-0.25, -0.2) is 18.3 Å². The summed E-state index contributed by atoms with van der Waals surface area (Å²) in [5, 5.41) is 0. The Morgan fingerprint density at radius 2 is 1.29 bits per heavy atom. The fraction of sp³-hybridized carbons (Fsp3) is 0.600. The van der Waals surface area contributed by atoms with Crippen LogP contribution in [0.1, 0.15) is 20.3 Å². The van der Waals surface area contributed by atoms with Crippen LogP contribution in [-0.4, -0.2) is 22.3 Å². The molecule has 6 nitrogen and oxygen atoms in total. The molecule has 116 valence electrons. The van der Waals surface area contributed by atoms with Gasteiger partial charge in [0.2, 0.25) is 12.7 Å². The van der Waals surface area contributed by atoms with E-state index in [0.29, 0.717) is 26.7 Å². The molecule has 2 heterocycles. The molecule has 0 saturated heterocycles. The summed E-state index contributed by atoms with van der Waals surface area (Å²) in [5.74, 6) is 0. The SMILES string of the molecule is CCn1cc[n+](COCCCOC[n+]2ccn(CC)c2)c1. The maximum Gasteiger partial charge on any atom is 0.245 e. The number of aryl methyl sites for hydroxylation is 2. The predicted molar refractivity (Wildman–Crippen MR) is 77.1 cm³/mol. The first-order chi connectivity index (χ1) is 10.3. The molecule has 0 amide bonds. The Morgan fingerprint density at radius 3 is 1.67 bits per heavy atom. The van der Waals surface area contributed by atoms with Crippen LogP contribution in [0.5, 0.6) is 0 Å². The second kappa shape index (κ2) is 8.59. The van der Waals surface area contributed by atoms with Gasteiger partial charge in [-0.2, -0.15) is 0 Å². The normalized spacial score (nSPS) is 11.1. The molecule has 0 saturated carbocycles. The number of rotatable bonds is 10. The standard InChI is InChI=1S/C15H26N4O2/c1-3-16-6-8-18(12-16)14-20-10-5-11-21-15-19-9-7-17(4-2)13-19/h6-9,12-13H,3-5,10-11,14-15H2,1-2H3/q+2. The van der Waals surface area contributed by atoms with Crippen LogP contribution in [-0.2, 0) is 36.0 Å². The molecule has 0 aliphatic carbocycles. The molecule has 0 aliphatic heterocycles. The predicted octanol–water partition coefficient (Wildman–Crippen LogP) is 0.943. The van der Waals surface area contributed by atoms with Gasteiger partial charge in [0.25, 0.3) is 0 Å². The average Bonchev–Trinajstić information content (AvgIpc) is 3.15. The van der Waals surface area contributed by atoms with Crippen molar-refractivity contribution in [2.75, 3.05) is 13.2 Å². The number of hydrogen-bond donors (Lipinski definition) is 0. The summed E-state index contributed by atoms with van der Waals surface area (Å²) < 4.78 is 19.5. The minimum absolute atomic E-state index is 0.598. The topological polar surface area (TPSA) is 36.1 Å². The Morgan fingerprint density at radius 1 is 0.810 bits per heavy atom. The van der Waals surface area contributed by atoms with E-state index in [1.54, 1.807) is 0 Å². The molecule has 0 fully saturated rings. The highest BCUT2D eigenvalue weighted by atomic mass is 16.5. The van der Waals surface area contributed by atoms with E-state index in [1.165, 1.54) is 0 Å². The molecule has 0 spiro atoms. The van der Waals surface area contributed by atoms with Crippen LogP contribution >= 0.6 is 0 Å². The molecule has 0 unspecified atom stereocenters. The van der Waals surface area contributed by atoms with E-state index in [0.717, 1.165) is 19.5 Å². The number of aromatic nitrogens is 4. The van der Waals surface area contributed by atoms with E-state index in [2.05, 4.69) is 23.0 Å². The Bertz CT molecular complexity index is 475. The van der Waals surface area contributed by atoms with E-state index < -0.39 is 0 Å². The summed E-state index contributed by atoms with van der Waals surface area (Å²) in [5.41, 5.74) is 0. The van der Waals surface area contributed by atoms with Gasteiger partial charge >= 0.3 is 0 Å². The van der Waals surface area contributed by atoms with Crippen LogP contribution in [0.25, 0.3) is 0 Å². The Balaban J connectivity index is 1.50. The zero-order chi connectivity index (χ0) is 14.9. The molecule has 2 rings (SSSR count). The number of hydrogen-bond acceptors (Lipinski definition) is 2. The Hall–Kier alpha value is -1.66. The third-order valence-corrected chi connectivity index (χ3v) is 3.28. The van der Waals surface area contributed by atoms with Crippen molar-refractivity contribution in [2.45, 2.75) is 46.8 Å². The lowest BCUT2D eigenvalue weighted by Crippen LogP contribution is -2.33. The van der Waals surface area contributed by atoms with E-state index >= 15 is 0 Å². The van der Waals surface area contributed by atoms with Crippen molar-refractivity contribution >= 4 is 0 Å². The van der Waals surface area contributed by atoms with Gasteiger partial charge in [0.1, 0.15) is 24.8 Å². The molecule has 0 radical (unpaired) electrons. The molecule has 0 atom stereocenters. The maximum atomic E-state index is 5.61. The van der Waals surface area contributed by atoms with Crippen molar-refractivity contribution in [3.05, 3.63) is 37.4 Å². The van der Waals surface area contributed by atoms with Crippen LogP contribution in [0.15, 0.2) is 37.4 Å². The molecule has 0 aromatic carbocycles. The zero-order valence-electron chi connectivity index (χ0n) is 13.0. The highest BCUT2D eigenvalue weighted by Gasteiger charge is 2.02. The third kappa shape index (κ3) is 5.32. The first-order valence-electron chi connectivity index (χ1n) is 7.57. The van der Waals surface area contributed by atoms with Gasteiger partial charge in [-0.1, -0.05) is 0 Å². The van der Waals surface area contributed by atoms with E-state index in [1.807, 2.05) is 46.6 Å². The summed E-state index contributed by atoms with van der Waals surface area (Å²) in [6.07, 6.45) is 13.1. The minimum atomic E-state index is 0.598. The largest absolute Gasteiger partial charge is 0.342 e. The molecule has 2 aromatic rings. The Labute approximate surface area is 126 Å². The summed E-state index contributed by atoms with van der Waals surface area (Å²) >= 11 is 0. The van der Waals surface area contributed by atoms with Crippen LogP contribution in [0, 0.1) is 0 Å². The molecule has 0 bridgehead atoms. The van der Waals surface area contributed by atoms with Crippen LogP contribution in [0.2, 0.25) is 0 Å². The number of nitrogens with zero attached hydrogens (tertiary/aromatic N) is 4. The Kier molecular flexibility index (Phi) is 6.43. The maximum absolute atomic E-state index is 5.61. The van der Waals surface area contributed by atoms with Crippen molar-refractivity contribution in [2.24, 2.45) is 0 Å². The second-order valence-electron chi connectivity index (χ2n) is 4.94. The van der Waals surface area contributed by atoms with Crippen molar-refractivity contribution in [1.82, 2.24) is 9.13 Å². The smallest absolute Gasteiger partial charge is 0.245 e. The van der Waals surface area contributed by atoms with E-state index in [-0.39, 0.29) is 0 Å². The molecule has 21 heavy (non-hydrogen) atoms. The van der Waals surface area contributed by atoms with Gasteiger partial charge < -0.3 is 9.47 Å². The molecule has 0 aliphatic rings. The van der Waals surface area contributed by atoms with Gasteiger partial charge in [0.15, 0.2) is 13.5 Å². The monoisotopic (exact) mass is 294 g/mol. The summed E-state index contributed by atoms with van der Waals surface area (Å²) in [6, 6.07) is 0. The van der Waals surface area contributed by atoms with Crippen LogP contribution in [0.3, 0.4) is 0 Å². The molecule has 0 N–H and O–H groups in total. The van der Waals surface area contributed by atoms with Gasteiger partial charge in [0, 0.05) is 0 Å². The molecular formula is C15H26N4O2+2. The molecule has 6 heteroatoms. The van der Waals surface area contributed by atoms with Crippen molar-refractivity contribution in [1.29, 1.82) is 0 Å². The minimum Gasteiger partial charge on any atom is -0.342 e. The van der Waals surface area contributed by atoms with Crippen LogP contribution in [0.4, 0.5) is 0 Å².